The number of rotatable bonds is 28. The summed E-state index contributed by atoms with van der Waals surface area (Å²) in [5, 5.41) is 38.3. The van der Waals surface area contributed by atoms with Gasteiger partial charge in [-0.1, -0.05) is 101 Å². The molecule has 0 fully saturated rings. The summed E-state index contributed by atoms with van der Waals surface area (Å²) in [6.45, 7) is 0.421. The molecule has 0 radical (unpaired) electrons. The molecular formula is C52H60N3O10P3. The lowest BCUT2D eigenvalue weighted by Crippen LogP contribution is -2.15. The maximum atomic E-state index is 9.62. The Morgan fingerprint density at radius 2 is 0.853 bits per heavy atom. The van der Waals surface area contributed by atoms with Gasteiger partial charge in [0.05, 0.1) is 0 Å². The topological polar surface area (TPSA) is 159 Å². The molecule has 0 saturated heterocycles. The Morgan fingerprint density at radius 3 is 1.41 bits per heavy atom. The van der Waals surface area contributed by atoms with Gasteiger partial charge in [-0.2, -0.15) is 0 Å². The van der Waals surface area contributed by atoms with Gasteiger partial charge in [0.15, 0.2) is 31.5 Å². The quantitative estimate of drug-likeness (QED) is 0.0346. The van der Waals surface area contributed by atoms with Crippen molar-refractivity contribution in [3.63, 3.8) is 0 Å². The van der Waals surface area contributed by atoms with Crippen LogP contribution in [0, 0.1) is 0 Å². The number of ether oxygens (including phenoxy) is 2. The number of para-hydroxylation sites is 6. The normalized spacial score (nSPS) is 11.6. The minimum absolute atomic E-state index is 0.0974. The number of aromatic nitrogens is 3. The van der Waals surface area contributed by atoms with Crippen LogP contribution in [0.25, 0.3) is 0 Å². The fraction of sp³-hybridized carbons (Fsp3) is 0.308. The number of aliphatic hydroxyl groups is 4. The monoisotopic (exact) mass is 979 g/mol. The van der Waals surface area contributed by atoms with Gasteiger partial charge >= 0.3 is 16.2 Å². The molecule has 68 heavy (non-hydrogen) atoms. The molecule has 0 aliphatic carbocycles. The summed E-state index contributed by atoms with van der Waals surface area (Å²) in [4.78, 5) is 13.6. The second-order valence-electron chi connectivity index (χ2n) is 15.8. The lowest BCUT2D eigenvalue weighted by Gasteiger charge is -2.23. The lowest BCUT2D eigenvalue weighted by atomic mass is 10.1. The highest BCUT2D eigenvalue weighted by Crippen LogP contribution is 2.49. The predicted molar refractivity (Wildman–Crippen MR) is 269 cm³/mol. The summed E-state index contributed by atoms with van der Waals surface area (Å²) in [5.74, 6) is 4.15. The van der Waals surface area contributed by atoms with E-state index in [9.17, 15) is 20.4 Å². The average molecular weight is 980 g/mol. The highest BCUT2D eigenvalue weighted by Gasteiger charge is 2.25. The third-order valence-corrected chi connectivity index (χ3v) is 15.4. The van der Waals surface area contributed by atoms with Crippen LogP contribution < -0.4 is 28.2 Å². The molecule has 1 heterocycles. The van der Waals surface area contributed by atoms with Gasteiger partial charge in [0.2, 0.25) is 5.75 Å². The molecule has 2 atom stereocenters. The first kappa shape index (κ1) is 50.1. The Kier molecular flexibility index (Phi) is 20.1. The van der Waals surface area contributed by atoms with Crippen molar-refractivity contribution in [3.05, 3.63) is 168 Å². The third-order valence-electron chi connectivity index (χ3n) is 10.8. The molecule has 13 nitrogen and oxygen atoms in total. The first-order valence-electron chi connectivity index (χ1n) is 23.2. The van der Waals surface area contributed by atoms with Crippen LogP contribution in [0.2, 0.25) is 0 Å². The first-order chi connectivity index (χ1) is 33.6. The van der Waals surface area contributed by atoms with Gasteiger partial charge in [-0.15, -0.1) is 4.51 Å². The molecular weight excluding hydrogens is 920 g/mol. The zero-order chi connectivity index (χ0) is 47.2. The minimum atomic E-state index is -2.05. The SMILES string of the molecule is OCCCCc1ccccc1Oc1cccc(Op2npn(Oc3ccccc3CCCCO)p(Oc3ccccc3CCCCO)n2Oc2ccccc2)c1Oc1ccccc1CCCCO. The molecule has 0 spiro atoms. The second kappa shape index (κ2) is 27.3. The van der Waals surface area contributed by atoms with Crippen molar-refractivity contribution < 1.29 is 48.6 Å². The molecule has 6 aromatic carbocycles. The van der Waals surface area contributed by atoms with E-state index in [2.05, 4.69) is 0 Å². The Labute approximate surface area is 402 Å². The van der Waals surface area contributed by atoms with Gasteiger partial charge in [0.25, 0.3) is 0 Å². The number of aryl methyl sites for hydroxylation is 4. The average Bonchev–Trinajstić information content (AvgIpc) is 3.36. The van der Waals surface area contributed by atoms with Crippen LogP contribution >= 0.6 is 24.7 Å². The van der Waals surface area contributed by atoms with Crippen LogP contribution in [-0.4, -0.2) is 59.9 Å². The first-order valence-corrected chi connectivity index (χ1v) is 26.3. The third kappa shape index (κ3) is 14.4. The molecule has 16 heteroatoms. The van der Waals surface area contributed by atoms with Crippen molar-refractivity contribution in [2.24, 2.45) is 0 Å². The van der Waals surface area contributed by atoms with Crippen molar-refractivity contribution in [1.29, 1.82) is 0 Å². The standard InChI is InChI=1S/C52H60N3O10P3/c56-37-16-12-25-41-21-4-8-31-46(41)60-50-35-20-36-51(52(50)61-47-32-9-5-22-42(47)26-13-17-38-57)64-67-53-66-54(63-48-33-10-6-23-43(48)27-14-18-39-58)68(55(67)62-45-29-2-1-3-30-45)65-49-34-11-7-24-44(49)28-15-19-40-59/h1-11,20-24,29-36,56-59H,12-19,25-28,37-40H2. The van der Waals surface area contributed by atoms with E-state index in [4.69, 9.17) is 32.7 Å². The fourth-order valence-corrected chi connectivity index (χ4v) is 12.2. The molecule has 7 aromatic rings. The maximum Gasteiger partial charge on any atom is 0.319 e. The van der Waals surface area contributed by atoms with Crippen LogP contribution in [-0.2, 0) is 25.7 Å². The summed E-state index contributed by atoms with van der Waals surface area (Å²) >= 11 is 0. The van der Waals surface area contributed by atoms with Crippen LogP contribution in [0.4, 0.5) is 0 Å². The molecule has 0 aliphatic rings. The number of hydrogen-bond acceptors (Lipinski definition) is 11. The second-order valence-corrected chi connectivity index (χ2v) is 20.2. The largest absolute Gasteiger partial charge is 0.453 e. The Bertz CT molecular complexity index is 2650. The van der Waals surface area contributed by atoms with Crippen molar-refractivity contribution in [1.82, 2.24) is 13.0 Å². The molecule has 0 amide bonds. The van der Waals surface area contributed by atoms with E-state index < -0.39 is 16.2 Å². The zero-order valence-corrected chi connectivity index (χ0v) is 40.8. The van der Waals surface area contributed by atoms with Gasteiger partial charge in [-0.05, 0) is 152 Å². The summed E-state index contributed by atoms with van der Waals surface area (Å²) < 4.78 is 36.2. The van der Waals surface area contributed by atoms with Crippen LogP contribution in [0.15, 0.2) is 146 Å². The van der Waals surface area contributed by atoms with Crippen molar-refractivity contribution in [3.8, 4) is 46.0 Å². The van der Waals surface area contributed by atoms with Crippen molar-refractivity contribution >= 4 is 24.7 Å². The molecule has 1 aromatic heterocycles. The summed E-state index contributed by atoms with van der Waals surface area (Å²) in [5.41, 5.74) is 3.89. The van der Waals surface area contributed by atoms with Gasteiger partial charge < -0.3 is 48.6 Å². The number of unbranched alkanes of at least 4 members (excludes halogenated alkanes) is 4. The lowest BCUT2D eigenvalue weighted by molar-refractivity contribution is 0.230. The van der Waals surface area contributed by atoms with Crippen LogP contribution in [0.5, 0.6) is 46.0 Å². The van der Waals surface area contributed by atoms with Gasteiger partial charge in [-0.25, -0.2) is 0 Å². The number of benzene rings is 6. The Morgan fingerprint density at radius 1 is 0.412 bits per heavy atom. The van der Waals surface area contributed by atoms with Crippen molar-refractivity contribution in [2.45, 2.75) is 77.0 Å². The number of aliphatic hydroxyl groups excluding tert-OH is 4. The van der Waals surface area contributed by atoms with Gasteiger partial charge in [0, 0.05) is 26.4 Å². The molecule has 358 valence electrons. The zero-order valence-electron chi connectivity index (χ0n) is 38.1. The molecule has 0 aliphatic heterocycles. The van der Waals surface area contributed by atoms with Gasteiger partial charge in [-0.3, -0.25) is 0 Å². The number of hydrogen-bond donors (Lipinski definition) is 4. The highest BCUT2D eigenvalue weighted by molar-refractivity contribution is 7.56. The predicted octanol–water partition coefficient (Wildman–Crippen LogP) is 12.6. The van der Waals surface area contributed by atoms with Crippen LogP contribution in [0.1, 0.15) is 73.6 Å². The summed E-state index contributed by atoms with van der Waals surface area (Å²) in [6.07, 6.45) is 8.55. The van der Waals surface area contributed by atoms with E-state index in [1.54, 1.807) is 8.51 Å². The van der Waals surface area contributed by atoms with E-state index in [1.165, 1.54) is 0 Å². The van der Waals surface area contributed by atoms with E-state index in [-0.39, 0.29) is 26.4 Å². The van der Waals surface area contributed by atoms with E-state index in [0.717, 1.165) is 47.9 Å². The maximum absolute atomic E-state index is 9.62. The molecule has 2 unspecified atom stereocenters. The molecule has 4 N–H and O–H groups in total. The fourth-order valence-electron chi connectivity index (χ4n) is 7.26. The Balaban J connectivity index is 1.38. The minimum Gasteiger partial charge on any atom is -0.453 e. The van der Waals surface area contributed by atoms with Gasteiger partial charge in [0.1, 0.15) is 17.2 Å². The van der Waals surface area contributed by atoms with E-state index in [0.29, 0.717) is 106 Å². The molecule has 0 bridgehead atoms. The smallest absolute Gasteiger partial charge is 0.319 e. The summed E-state index contributed by atoms with van der Waals surface area (Å²) in [6, 6.07) is 46.3. The molecule has 0 saturated carbocycles. The van der Waals surface area contributed by atoms with Crippen LogP contribution in [0.3, 0.4) is 0 Å². The highest BCUT2D eigenvalue weighted by atomic mass is 31.2. The van der Waals surface area contributed by atoms with E-state index >= 15 is 0 Å². The number of nitrogens with zero attached hydrogens (tertiary/aromatic N) is 3. The van der Waals surface area contributed by atoms with E-state index in [1.807, 2.05) is 146 Å². The Hall–Kier alpha value is -5.74. The van der Waals surface area contributed by atoms with Crippen molar-refractivity contribution in [2.75, 3.05) is 26.4 Å². The molecule has 7 rings (SSSR count). The summed E-state index contributed by atoms with van der Waals surface area (Å²) in [7, 11) is -3.70.